The van der Waals surface area contributed by atoms with Crippen molar-refractivity contribution < 1.29 is 14.4 Å². The zero-order valence-corrected chi connectivity index (χ0v) is 19.3. The van der Waals surface area contributed by atoms with E-state index in [9.17, 15) is 14.4 Å². The first kappa shape index (κ1) is 23.3. The number of amides is 3. The van der Waals surface area contributed by atoms with Crippen LogP contribution in [0, 0.1) is 0 Å². The molecule has 2 unspecified atom stereocenters. The lowest BCUT2D eigenvalue weighted by molar-refractivity contribution is -0.122. The Kier molecular flexibility index (Phi) is 7.76. The second-order valence-electron chi connectivity index (χ2n) is 8.55. The van der Waals surface area contributed by atoms with Gasteiger partial charge in [0.1, 0.15) is 6.04 Å². The van der Waals surface area contributed by atoms with E-state index in [0.29, 0.717) is 40.4 Å². The average Bonchev–Trinajstić information content (AvgIpc) is 3.00. The molecule has 1 heterocycles. The fraction of sp³-hybridized carbons (Fsp3) is 0.542. The van der Waals surface area contributed by atoms with E-state index in [1.54, 1.807) is 25.1 Å². The minimum Gasteiger partial charge on any atom is -0.373 e. The van der Waals surface area contributed by atoms with Crippen LogP contribution in [0.25, 0.3) is 0 Å². The molecule has 0 aromatic heterocycles. The molecule has 168 valence electrons. The summed E-state index contributed by atoms with van der Waals surface area (Å²) in [6, 6.07) is 4.57. The van der Waals surface area contributed by atoms with Crippen molar-refractivity contribution >= 4 is 40.7 Å². The number of carbonyl (C=O) groups is 3. The highest BCUT2D eigenvalue weighted by Gasteiger charge is 2.39. The van der Waals surface area contributed by atoms with E-state index in [2.05, 4.69) is 17.6 Å². The molecule has 0 spiro atoms. The van der Waals surface area contributed by atoms with Gasteiger partial charge in [0.15, 0.2) is 0 Å². The summed E-state index contributed by atoms with van der Waals surface area (Å²) in [5, 5.41) is 6.59. The molecule has 1 aliphatic carbocycles. The number of hydrogen-bond donors (Lipinski definition) is 2. The maximum atomic E-state index is 12.8. The van der Waals surface area contributed by atoms with Crippen LogP contribution < -0.4 is 15.5 Å². The summed E-state index contributed by atoms with van der Waals surface area (Å²) in [4.78, 5) is 39.5. The van der Waals surface area contributed by atoms with Gasteiger partial charge in [-0.25, -0.2) is 4.90 Å². The van der Waals surface area contributed by atoms with Gasteiger partial charge >= 0.3 is 0 Å². The van der Waals surface area contributed by atoms with Gasteiger partial charge in [-0.05, 0) is 64.2 Å². The topological polar surface area (TPSA) is 78.5 Å². The number of anilines is 2. The van der Waals surface area contributed by atoms with E-state index in [0.717, 1.165) is 38.5 Å². The molecule has 0 bridgehead atoms. The zero-order chi connectivity index (χ0) is 22.5. The summed E-state index contributed by atoms with van der Waals surface area (Å²) in [5.74, 6) is -0.588. The third-order valence-corrected chi connectivity index (χ3v) is 6.32. The van der Waals surface area contributed by atoms with Crippen LogP contribution >= 0.6 is 11.6 Å². The lowest BCUT2D eigenvalue weighted by atomic mass is 9.93. The van der Waals surface area contributed by atoms with Crippen LogP contribution in [0.4, 0.5) is 11.4 Å². The normalized spacial score (nSPS) is 18.1. The summed E-state index contributed by atoms with van der Waals surface area (Å²) in [6.07, 6.45) is 7.51. The van der Waals surface area contributed by atoms with E-state index < -0.39 is 6.04 Å². The predicted molar refractivity (Wildman–Crippen MR) is 124 cm³/mol. The van der Waals surface area contributed by atoms with Gasteiger partial charge in [0, 0.05) is 17.2 Å². The number of nitrogens with one attached hydrogen (secondary N) is 2. The maximum Gasteiger partial charge on any atom is 0.261 e. The van der Waals surface area contributed by atoms with Crippen molar-refractivity contribution in [3.05, 3.63) is 34.4 Å². The SMILES string of the molecule is CCCCCC(C)NC(=O)C(C)Nc1cc(N2C(=O)C3=C(CCCC3)C2=O)ccc1Cl. The number of carbonyl (C=O) groups excluding carboxylic acids is 3. The maximum absolute atomic E-state index is 12.8. The number of halogens is 1. The molecule has 6 nitrogen and oxygen atoms in total. The number of unbranched alkanes of at least 4 members (excludes halogenated alkanes) is 2. The van der Waals surface area contributed by atoms with Gasteiger partial charge in [-0.1, -0.05) is 37.8 Å². The minimum atomic E-state index is -0.516. The van der Waals surface area contributed by atoms with E-state index in [4.69, 9.17) is 11.6 Å². The molecule has 3 rings (SSSR count). The molecule has 1 aromatic carbocycles. The Balaban J connectivity index is 1.68. The molecule has 2 aliphatic rings. The Hall–Kier alpha value is -2.34. The van der Waals surface area contributed by atoms with Gasteiger partial charge in [-0.15, -0.1) is 0 Å². The van der Waals surface area contributed by atoms with Crippen molar-refractivity contribution in [2.45, 2.75) is 84.2 Å². The summed E-state index contributed by atoms with van der Waals surface area (Å²) >= 11 is 6.34. The molecule has 0 saturated carbocycles. The van der Waals surface area contributed by atoms with E-state index >= 15 is 0 Å². The summed E-state index contributed by atoms with van der Waals surface area (Å²) in [5.41, 5.74) is 2.28. The first-order chi connectivity index (χ1) is 14.8. The molecular formula is C24H32ClN3O3. The Morgan fingerprint density at radius 3 is 2.35 bits per heavy atom. The van der Waals surface area contributed by atoms with Crippen molar-refractivity contribution in [2.75, 3.05) is 10.2 Å². The van der Waals surface area contributed by atoms with Crippen molar-refractivity contribution in [2.24, 2.45) is 0 Å². The predicted octanol–water partition coefficient (Wildman–Crippen LogP) is 4.97. The summed E-state index contributed by atoms with van der Waals surface area (Å²) in [7, 11) is 0. The Labute approximate surface area is 189 Å². The van der Waals surface area contributed by atoms with Crippen LogP contribution in [0.2, 0.25) is 5.02 Å². The molecule has 3 amide bonds. The molecular weight excluding hydrogens is 414 g/mol. The van der Waals surface area contributed by atoms with Gasteiger partial charge in [0.25, 0.3) is 11.8 Å². The number of benzene rings is 1. The van der Waals surface area contributed by atoms with Crippen LogP contribution in [-0.4, -0.2) is 29.8 Å². The molecule has 2 atom stereocenters. The standard InChI is InChI=1S/C24H32ClN3O3/c1-4-5-6-9-15(2)26-22(29)16(3)27-21-14-17(12-13-20(21)25)28-23(30)18-10-7-8-11-19(18)24(28)31/h12-16,27H,4-11H2,1-3H3,(H,26,29). The van der Waals surface area contributed by atoms with Crippen LogP contribution in [0.15, 0.2) is 29.3 Å². The third-order valence-electron chi connectivity index (χ3n) is 5.99. The van der Waals surface area contributed by atoms with Crippen molar-refractivity contribution in [3.63, 3.8) is 0 Å². The van der Waals surface area contributed by atoms with Crippen molar-refractivity contribution in [1.29, 1.82) is 0 Å². The number of nitrogens with zero attached hydrogens (tertiary/aromatic N) is 1. The highest BCUT2D eigenvalue weighted by Crippen LogP contribution is 2.37. The largest absolute Gasteiger partial charge is 0.373 e. The average molecular weight is 446 g/mol. The summed E-state index contributed by atoms with van der Waals surface area (Å²) < 4.78 is 0. The van der Waals surface area contributed by atoms with Gasteiger partial charge < -0.3 is 10.6 Å². The first-order valence-electron chi connectivity index (χ1n) is 11.3. The monoisotopic (exact) mass is 445 g/mol. The lowest BCUT2D eigenvalue weighted by Gasteiger charge is -2.21. The molecule has 0 fully saturated rings. The Morgan fingerprint density at radius 2 is 1.74 bits per heavy atom. The molecule has 2 N–H and O–H groups in total. The van der Waals surface area contributed by atoms with Crippen molar-refractivity contribution in [1.82, 2.24) is 5.32 Å². The van der Waals surface area contributed by atoms with Crippen LogP contribution in [0.3, 0.4) is 0 Å². The van der Waals surface area contributed by atoms with Gasteiger partial charge in [0.05, 0.1) is 16.4 Å². The smallest absolute Gasteiger partial charge is 0.261 e. The van der Waals surface area contributed by atoms with Crippen LogP contribution in [0.5, 0.6) is 0 Å². The van der Waals surface area contributed by atoms with Gasteiger partial charge in [-0.2, -0.15) is 0 Å². The number of imide groups is 1. The molecule has 0 radical (unpaired) electrons. The Morgan fingerprint density at radius 1 is 1.10 bits per heavy atom. The van der Waals surface area contributed by atoms with Crippen molar-refractivity contribution in [3.8, 4) is 0 Å². The van der Waals surface area contributed by atoms with E-state index in [1.165, 1.54) is 4.90 Å². The minimum absolute atomic E-state index is 0.0994. The second-order valence-corrected chi connectivity index (χ2v) is 8.95. The molecule has 31 heavy (non-hydrogen) atoms. The highest BCUT2D eigenvalue weighted by atomic mass is 35.5. The van der Waals surface area contributed by atoms with E-state index in [-0.39, 0.29) is 23.8 Å². The quantitative estimate of drug-likeness (QED) is 0.415. The first-order valence-corrected chi connectivity index (χ1v) is 11.7. The fourth-order valence-corrected chi connectivity index (χ4v) is 4.35. The lowest BCUT2D eigenvalue weighted by Crippen LogP contribution is -2.42. The van der Waals surface area contributed by atoms with Crippen LogP contribution in [0.1, 0.15) is 72.1 Å². The molecule has 0 saturated heterocycles. The van der Waals surface area contributed by atoms with Gasteiger partial charge in [0.2, 0.25) is 5.91 Å². The third kappa shape index (κ3) is 5.29. The summed E-state index contributed by atoms with van der Waals surface area (Å²) in [6.45, 7) is 5.93. The Bertz CT molecular complexity index is 868. The van der Waals surface area contributed by atoms with Gasteiger partial charge in [-0.3, -0.25) is 14.4 Å². The number of rotatable bonds is 9. The highest BCUT2D eigenvalue weighted by molar-refractivity contribution is 6.35. The number of hydrogen-bond acceptors (Lipinski definition) is 4. The van der Waals surface area contributed by atoms with E-state index in [1.807, 2.05) is 6.92 Å². The molecule has 7 heteroatoms. The van der Waals surface area contributed by atoms with Crippen LogP contribution in [-0.2, 0) is 14.4 Å². The zero-order valence-electron chi connectivity index (χ0n) is 18.6. The second kappa shape index (κ2) is 10.3. The fourth-order valence-electron chi connectivity index (χ4n) is 4.18. The molecule has 1 aromatic rings. The molecule has 1 aliphatic heterocycles.